The van der Waals surface area contributed by atoms with E-state index in [0.29, 0.717) is 5.56 Å². The lowest BCUT2D eigenvalue weighted by molar-refractivity contribution is -0.136. The second kappa shape index (κ2) is 5.69. The Hall–Kier alpha value is -2.14. The van der Waals surface area contributed by atoms with Crippen molar-refractivity contribution in [2.75, 3.05) is 0 Å². The van der Waals surface area contributed by atoms with E-state index in [4.69, 9.17) is 5.11 Å². The molecule has 1 N–H and O–H groups in total. The van der Waals surface area contributed by atoms with E-state index in [9.17, 15) is 13.2 Å². The van der Waals surface area contributed by atoms with Gasteiger partial charge in [-0.2, -0.15) is 0 Å². The zero-order valence-electron chi connectivity index (χ0n) is 11.8. The van der Waals surface area contributed by atoms with E-state index in [-0.39, 0.29) is 16.2 Å². The van der Waals surface area contributed by atoms with Crippen LogP contribution in [-0.4, -0.2) is 19.5 Å². The summed E-state index contributed by atoms with van der Waals surface area (Å²) in [6.45, 7) is 3.65. The van der Waals surface area contributed by atoms with Crippen LogP contribution in [0.2, 0.25) is 0 Å². The first kappa shape index (κ1) is 15.3. The molecule has 110 valence electrons. The van der Waals surface area contributed by atoms with Crippen molar-refractivity contribution in [3.05, 3.63) is 59.2 Å². The first-order valence-corrected chi connectivity index (χ1v) is 7.92. The van der Waals surface area contributed by atoms with E-state index in [0.717, 1.165) is 11.1 Å². The normalized spacial score (nSPS) is 11.3. The average Bonchev–Trinajstić information content (AvgIpc) is 2.40. The van der Waals surface area contributed by atoms with Crippen molar-refractivity contribution in [2.24, 2.45) is 0 Å². The van der Waals surface area contributed by atoms with E-state index in [2.05, 4.69) is 0 Å². The van der Waals surface area contributed by atoms with Gasteiger partial charge in [-0.05, 0) is 43.2 Å². The van der Waals surface area contributed by atoms with Crippen LogP contribution in [0.5, 0.6) is 0 Å². The summed E-state index contributed by atoms with van der Waals surface area (Å²) in [5, 5.41) is 8.94. The lowest BCUT2D eigenvalue weighted by atomic mass is 10.1. The van der Waals surface area contributed by atoms with Crippen molar-refractivity contribution in [1.29, 1.82) is 0 Å². The summed E-state index contributed by atoms with van der Waals surface area (Å²) in [5.74, 6) is -1.06. The van der Waals surface area contributed by atoms with Crippen molar-refractivity contribution in [3.63, 3.8) is 0 Å². The van der Waals surface area contributed by atoms with Crippen molar-refractivity contribution in [2.45, 2.75) is 30.1 Å². The Labute approximate surface area is 124 Å². The number of carboxylic acid groups (broad SMARTS) is 1. The molecule has 0 bridgehead atoms. The summed E-state index contributed by atoms with van der Waals surface area (Å²) >= 11 is 0. The Morgan fingerprint density at radius 1 is 1.00 bits per heavy atom. The summed E-state index contributed by atoms with van der Waals surface area (Å²) in [6.07, 6.45) is -0.319. The van der Waals surface area contributed by atoms with Gasteiger partial charge in [-0.1, -0.05) is 29.8 Å². The molecule has 0 atom stereocenters. The average molecular weight is 304 g/mol. The van der Waals surface area contributed by atoms with Crippen LogP contribution in [0, 0.1) is 13.8 Å². The molecule has 4 nitrogen and oxygen atoms in total. The predicted octanol–water partition coefficient (Wildman–Crippen LogP) is 2.76. The van der Waals surface area contributed by atoms with E-state index in [1.54, 1.807) is 31.2 Å². The van der Waals surface area contributed by atoms with Crippen LogP contribution in [-0.2, 0) is 21.1 Å². The molecule has 0 spiro atoms. The van der Waals surface area contributed by atoms with Gasteiger partial charge in [-0.3, -0.25) is 4.79 Å². The van der Waals surface area contributed by atoms with Crippen LogP contribution in [0.1, 0.15) is 16.7 Å². The number of carboxylic acids is 1. The number of sulfone groups is 1. The first-order valence-electron chi connectivity index (χ1n) is 6.44. The van der Waals surface area contributed by atoms with Gasteiger partial charge in [-0.15, -0.1) is 0 Å². The molecule has 0 fully saturated rings. The van der Waals surface area contributed by atoms with Crippen LogP contribution < -0.4 is 0 Å². The van der Waals surface area contributed by atoms with Crippen LogP contribution in [0.3, 0.4) is 0 Å². The largest absolute Gasteiger partial charge is 0.481 e. The molecule has 0 saturated carbocycles. The molecule has 2 aromatic rings. The summed E-state index contributed by atoms with van der Waals surface area (Å²) in [6, 6.07) is 11.3. The van der Waals surface area contributed by atoms with Gasteiger partial charge in [0.25, 0.3) is 0 Å². The van der Waals surface area contributed by atoms with Gasteiger partial charge in [0.15, 0.2) is 0 Å². The van der Waals surface area contributed by atoms with Crippen LogP contribution in [0.25, 0.3) is 0 Å². The number of hydrogen-bond donors (Lipinski definition) is 1. The molecule has 5 heteroatoms. The van der Waals surface area contributed by atoms with Gasteiger partial charge >= 0.3 is 5.97 Å². The van der Waals surface area contributed by atoms with Crippen molar-refractivity contribution in [3.8, 4) is 0 Å². The number of benzene rings is 2. The predicted molar refractivity (Wildman–Crippen MR) is 79.1 cm³/mol. The van der Waals surface area contributed by atoms with Crippen LogP contribution in [0.4, 0.5) is 0 Å². The van der Waals surface area contributed by atoms with Gasteiger partial charge in [0, 0.05) is 0 Å². The molecule has 2 aromatic carbocycles. The van der Waals surface area contributed by atoms with Crippen LogP contribution >= 0.6 is 0 Å². The molecule has 0 saturated heterocycles. The molecular formula is C16H16O4S. The van der Waals surface area contributed by atoms with E-state index < -0.39 is 15.8 Å². The molecule has 0 radical (unpaired) electrons. The van der Waals surface area contributed by atoms with Gasteiger partial charge in [0.2, 0.25) is 9.84 Å². The number of aryl methyl sites for hydroxylation is 2. The molecule has 0 aliphatic rings. The minimum Gasteiger partial charge on any atom is -0.481 e. The summed E-state index contributed by atoms with van der Waals surface area (Å²) in [4.78, 5) is 11.2. The highest BCUT2D eigenvalue weighted by atomic mass is 32.2. The quantitative estimate of drug-likeness (QED) is 0.942. The molecule has 0 heterocycles. The second-order valence-electron chi connectivity index (χ2n) is 5.00. The maximum Gasteiger partial charge on any atom is 0.307 e. The van der Waals surface area contributed by atoms with Crippen molar-refractivity contribution >= 4 is 15.8 Å². The Morgan fingerprint density at radius 2 is 1.57 bits per heavy atom. The highest BCUT2D eigenvalue weighted by Gasteiger charge is 2.22. The second-order valence-corrected chi connectivity index (χ2v) is 6.92. The molecule has 2 rings (SSSR count). The lowest BCUT2D eigenvalue weighted by Gasteiger charge is -2.11. The van der Waals surface area contributed by atoms with Crippen molar-refractivity contribution in [1.82, 2.24) is 0 Å². The minimum atomic E-state index is -3.72. The highest BCUT2D eigenvalue weighted by molar-refractivity contribution is 7.91. The summed E-state index contributed by atoms with van der Waals surface area (Å²) in [7, 11) is -3.72. The third kappa shape index (κ3) is 3.31. The molecule has 21 heavy (non-hydrogen) atoms. The Kier molecular flexibility index (Phi) is 4.14. The summed E-state index contributed by atoms with van der Waals surface area (Å²) in [5.41, 5.74) is 2.03. The van der Waals surface area contributed by atoms with Crippen molar-refractivity contribution < 1.29 is 18.3 Å². The fraction of sp³-hybridized carbons (Fsp3) is 0.188. The minimum absolute atomic E-state index is 0.0637. The lowest BCUT2D eigenvalue weighted by Crippen LogP contribution is -2.09. The third-order valence-electron chi connectivity index (χ3n) is 3.19. The van der Waals surface area contributed by atoms with Gasteiger partial charge in [0.1, 0.15) is 0 Å². The topological polar surface area (TPSA) is 71.4 Å². The maximum atomic E-state index is 12.7. The summed E-state index contributed by atoms with van der Waals surface area (Å²) < 4.78 is 25.4. The highest BCUT2D eigenvalue weighted by Crippen LogP contribution is 2.26. The molecule has 0 amide bonds. The van der Waals surface area contributed by atoms with Gasteiger partial charge in [0.05, 0.1) is 16.2 Å². The smallest absolute Gasteiger partial charge is 0.307 e. The monoisotopic (exact) mass is 304 g/mol. The zero-order valence-corrected chi connectivity index (χ0v) is 12.6. The number of carbonyl (C=O) groups is 1. The number of rotatable bonds is 4. The third-order valence-corrected chi connectivity index (χ3v) is 5.04. The van der Waals surface area contributed by atoms with Gasteiger partial charge < -0.3 is 5.11 Å². The fourth-order valence-corrected chi connectivity index (χ4v) is 3.64. The Morgan fingerprint density at radius 3 is 2.14 bits per heavy atom. The molecule has 0 aromatic heterocycles. The SMILES string of the molecule is Cc1ccc(S(=O)(=O)c2cc(C)ccc2CC(=O)O)cc1. The molecule has 0 unspecified atom stereocenters. The Bertz CT molecular complexity index is 774. The number of hydrogen-bond acceptors (Lipinski definition) is 3. The standard InChI is InChI=1S/C16H16O4S/c1-11-4-7-14(8-5-11)21(19,20)15-9-12(2)3-6-13(15)10-16(17)18/h3-9H,10H2,1-2H3,(H,17,18). The Balaban J connectivity index is 2.60. The molecule has 0 aliphatic carbocycles. The molecular weight excluding hydrogens is 288 g/mol. The van der Waals surface area contributed by atoms with E-state index in [1.807, 2.05) is 6.92 Å². The van der Waals surface area contributed by atoms with Crippen LogP contribution in [0.15, 0.2) is 52.3 Å². The van der Waals surface area contributed by atoms with Gasteiger partial charge in [-0.25, -0.2) is 8.42 Å². The zero-order chi connectivity index (χ0) is 15.6. The van der Waals surface area contributed by atoms with E-state index >= 15 is 0 Å². The maximum absolute atomic E-state index is 12.7. The fourth-order valence-electron chi connectivity index (χ4n) is 2.07. The molecule has 0 aliphatic heterocycles. The van der Waals surface area contributed by atoms with E-state index in [1.165, 1.54) is 18.2 Å². The first-order chi connectivity index (χ1) is 9.80. The number of aliphatic carboxylic acids is 1.